The van der Waals surface area contributed by atoms with E-state index >= 15 is 0 Å². The van der Waals surface area contributed by atoms with Crippen LogP contribution in [0.5, 0.6) is 0 Å². The maximum absolute atomic E-state index is 12.3. The van der Waals surface area contributed by atoms with Gasteiger partial charge in [-0.25, -0.2) is 0 Å². The van der Waals surface area contributed by atoms with E-state index in [4.69, 9.17) is 4.52 Å². The number of nitrogens with zero attached hydrogens (tertiary/aromatic N) is 4. The molecule has 3 heterocycles. The summed E-state index contributed by atoms with van der Waals surface area (Å²) in [5.74, 6) is 1.13. The molecule has 0 N–H and O–H groups in total. The number of carbonyl (C=O) groups excluding carboxylic acids is 1. The topological polar surface area (TPSA) is 72.1 Å². The Kier molecular flexibility index (Phi) is 4.48. The van der Waals surface area contributed by atoms with E-state index in [0.717, 1.165) is 12.0 Å². The van der Waals surface area contributed by atoms with E-state index < -0.39 is 0 Å². The number of amides is 1. The van der Waals surface area contributed by atoms with Crippen LogP contribution < -0.4 is 0 Å². The Morgan fingerprint density at radius 1 is 1.27 bits per heavy atom. The van der Waals surface area contributed by atoms with Crippen molar-refractivity contribution in [3.8, 4) is 11.4 Å². The predicted molar refractivity (Wildman–Crippen MR) is 96.4 cm³/mol. The molecule has 0 bridgehead atoms. The molecule has 1 unspecified atom stereocenters. The molecule has 1 atom stereocenters. The lowest BCUT2D eigenvalue weighted by Gasteiger charge is -2.16. The summed E-state index contributed by atoms with van der Waals surface area (Å²) in [6.07, 6.45) is 4.67. The number of hydrogen-bond donors (Lipinski definition) is 0. The highest BCUT2D eigenvalue weighted by atomic mass is 16.5. The number of likely N-dealkylation sites (tertiary alicyclic amines) is 1. The number of rotatable bonds is 5. The van der Waals surface area contributed by atoms with Crippen LogP contribution in [0.25, 0.3) is 11.4 Å². The van der Waals surface area contributed by atoms with Crippen molar-refractivity contribution in [2.45, 2.75) is 25.7 Å². The minimum atomic E-state index is -0.0436. The fourth-order valence-electron chi connectivity index (χ4n) is 3.30. The lowest BCUT2D eigenvalue weighted by molar-refractivity contribution is -0.127. The number of benzene rings is 1. The van der Waals surface area contributed by atoms with Crippen LogP contribution in [0, 0.1) is 6.92 Å². The molecule has 6 nitrogen and oxygen atoms in total. The fourth-order valence-corrected chi connectivity index (χ4v) is 3.30. The molecule has 1 fully saturated rings. The largest absolute Gasteiger partial charge is 0.342 e. The minimum Gasteiger partial charge on any atom is -0.342 e. The molecule has 132 valence electrons. The molecule has 4 rings (SSSR count). The van der Waals surface area contributed by atoms with Crippen LogP contribution in [0.15, 0.2) is 53.3 Å². The number of hydrogen-bond acceptors (Lipinski definition) is 5. The van der Waals surface area contributed by atoms with Crippen molar-refractivity contribution in [3.63, 3.8) is 0 Å². The summed E-state index contributed by atoms with van der Waals surface area (Å²) >= 11 is 0. The zero-order chi connectivity index (χ0) is 17.9. The first-order chi connectivity index (χ1) is 12.7. The Bertz CT molecular complexity index is 907. The third-order valence-electron chi connectivity index (χ3n) is 4.68. The average Bonchev–Trinajstić information content (AvgIpc) is 3.28. The van der Waals surface area contributed by atoms with E-state index in [1.807, 2.05) is 17.0 Å². The zero-order valence-corrected chi connectivity index (χ0v) is 14.6. The van der Waals surface area contributed by atoms with Gasteiger partial charge < -0.3 is 9.42 Å². The fraction of sp³-hybridized carbons (Fsp3) is 0.300. The second kappa shape index (κ2) is 7.07. The van der Waals surface area contributed by atoms with E-state index in [9.17, 15) is 4.79 Å². The first kappa shape index (κ1) is 16.4. The van der Waals surface area contributed by atoms with Crippen LogP contribution in [0.4, 0.5) is 0 Å². The van der Waals surface area contributed by atoms with Gasteiger partial charge in [-0.15, -0.1) is 0 Å². The lowest BCUT2D eigenvalue weighted by Crippen LogP contribution is -2.27. The molecule has 3 aromatic rings. The number of aromatic nitrogens is 3. The van der Waals surface area contributed by atoms with Crippen molar-refractivity contribution >= 4 is 5.91 Å². The van der Waals surface area contributed by atoms with Gasteiger partial charge in [0.25, 0.3) is 0 Å². The van der Waals surface area contributed by atoms with Crippen molar-refractivity contribution in [3.05, 3.63) is 65.8 Å². The third kappa shape index (κ3) is 3.49. The summed E-state index contributed by atoms with van der Waals surface area (Å²) < 4.78 is 5.41. The molecule has 0 saturated carbocycles. The van der Waals surface area contributed by atoms with Gasteiger partial charge in [0, 0.05) is 37.5 Å². The molecule has 1 aliphatic heterocycles. The highest BCUT2D eigenvalue weighted by molar-refractivity contribution is 5.79. The Morgan fingerprint density at radius 3 is 3.00 bits per heavy atom. The number of aryl methyl sites for hydroxylation is 1. The SMILES string of the molecule is Cc1cccc(CCN2CC(c3nc(-c4cccnc4)no3)CC2=O)c1. The summed E-state index contributed by atoms with van der Waals surface area (Å²) in [6, 6.07) is 12.1. The first-order valence-corrected chi connectivity index (χ1v) is 8.76. The van der Waals surface area contributed by atoms with Crippen LogP contribution >= 0.6 is 0 Å². The van der Waals surface area contributed by atoms with E-state index in [2.05, 4.69) is 46.3 Å². The standard InChI is InChI=1S/C20H20N4O2/c1-14-4-2-5-15(10-14)7-9-24-13-17(11-18(24)25)20-22-19(23-26-20)16-6-3-8-21-12-16/h2-6,8,10,12,17H,7,9,11,13H2,1H3. The van der Waals surface area contributed by atoms with Crippen LogP contribution in [0.1, 0.15) is 29.4 Å². The first-order valence-electron chi connectivity index (χ1n) is 8.76. The maximum atomic E-state index is 12.3. The van der Waals surface area contributed by atoms with Gasteiger partial charge in [-0.1, -0.05) is 35.0 Å². The van der Waals surface area contributed by atoms with Crippen molar-refractivity contribution < 1.29 is 9.32 Å². The molecule has 1 aliphatic rings. The van der Waals surface area contributed by atoms with Gasteiger partial charge in [0.2, 0.25) is 17.6 Å². The smallest absolute Gasteiger partial charge is 0.232 e. The van der Waals surface area contributed by atoms with Gasteiger partial charge in [-0.3, -0.25) is 9.78 Å². The molecule has 2 aromatic heterocycles. The second-order valence-electron chi connectivity index (χ2n) is 6.68. The van der Waals surface area contributed by atoms with Crippen molar-refractivity contribution in [1.29, 1.82) is 0 Å². The minimum absolute atomic E-state index is 0.0436. The van der Waals surface area contributed by atoms with Gasteiger partial charge in [0.05, 0.1) is 5.92 Å². The van der Waals surface area contributed by atoms with Crippen LogP contribution in [-0.2, 0) is 11.2 Å². The van der Waals surface area contributed by atoms with Gasteiger partial charge in [-0.05, 0) is 31.0 Å². The van der Waals surface area contributed by atoms with E-state index in [1.165, 1.54) is 11.1 Å². The summed E-state index contributed by atoms with van der Waals surface area (Å²) in [4.78, 5) is 22.8. The summed E-state index contributed by atoms with van der Waals surface area (Å²) in [6.45, 7) is 3.41. The van der Waals surface area contributed by atoms with Crippen molar-refractivity contribution in [1.82, 2.24) is 20.0 Å². The molecule has 0 spiro atoms. The monoisotopic (exact) mass is 348 g/mol. The van der Waals surface area contributed by atoms with Crippen LogP contribution in [0.2, 0.25) is 0 Å². The second-order valence-corrected chi connectivity index (χ2v) is 6.68. The Morgan fingerprint density at radius 2 is 2.19 bits per heavy atom. The van der Waals surface area contributed by atoms with Crippen LogP contribution in [-0.4, -0.2) is 39.0 Å². The lowest BCUT2D eigenvalue weighted by atomic mass is 10.1. The maximum Gasteiger partial charge on any atom is 0.232 e. The van der Waals surface area contributed by atoms with Gasteiger partial charge in [-0.2, -0.15) is 4.98 Å². The Balaban J connectivity index is 1.41. The normalized spacial score (nSPS) is 17.0. The highest BCUT2D eigenvalue weighted by Gasteiger charge is 2.34. The molecule has 0 aliphatic carbocycles. The molecular weight excluding hydrogens is 328 g/mol. The Labute approximate surface area is 151 Å². The molecular formula is C20H20N4O2. The predicted octanol–water partition coefficient (Wildman–Crippen LogP) is 3.00. The summed E-state index contributed by atoms with van der Waals surface area (Å²) in [5.41, 5.74) is 3.29. The molecule has 1 aromatic carbocycles. The van der Waals surface area contributed by atoms with Crippen molar-refractivity contribution in [2.75, 3.05) is 13.1 Å². The van der Waals surface area contributed by atoms with Crippen LogP contribution in [0.3, 0.4) is 0 Å². The molecule has 26 heavy (non-hydrogen) atoms. The molecule has 1 saturated heterocycles. The average molecular weight is 348 g/mol. The molecule has 1 amide bonds. The van der Waals surface area contributed by atoms with Gasteiger partial charge in [0.1, 0.15) is 0 Å². The van der Waals surface area contributed by atoms with Gasteiger partial charge in [0.15, 0.2) is 0 Å². The van der Waals surface area contributed by atoms with E-state index in [-0.39, 0.29) is 11.8 Å². The van der Waals surface area contributed by atoms with E-state index in [0.29, 0.717) is 31.2 Å². The zero-order valence-electron chi connectivity index (χ0n) is 14.6. The third-order valence-corrected chi connectivity index (χ3v) is 4.68. The Hall–Kier alpha value is -3.02. The van der Waals surface area contributed by atoms with E-state index in [1.54, 1.807) is 12.4 Å². The number of pyridine rings is 1. The molecule has 6 heteroatoms. The summed E-state index contributed by atoms with van der Waals surface area (Å²) in [7, 11) is 0. The number of carbonyl (C=O) groups is 1. The quantitative estimate of drug-likeness (QED) is 0.709. The van der Waals surface area contributed by atoms with Crippen molar-refractivity contribution in [2.24, 2.45) is 0 Å². The van der Waals surface area contributed by atoms with Gasteiger partial charge >= 0.3 is 0 Å². The summed E-state index contributed by atoms with van der Waals surface area (Å²) in [5, 5.41) is 4.03. The highest BCUT2D eigenvalue weighted by Crippen LogP contribution is 2.28. The molecule has 0 radical (unpaired) electrons.